The molecule has 0 radical (unpaired) electrons. The average Bonchev–Trinajstić information content (AvgIpc) is 3.27. The van der Waals surface area contributed by atoms with E-state index >= 15 is 0 Å². The first kappa shape index (κ1) is 17.7. The fourth-order valence-electron chi connectivity index (χ4n) is 3.42. The van der Waals surface area contributed by atoms with Gasteiger partial charge >= 0.3 is 0 Å². The maximum Gasteiger partial charge on any atom is 0.231 e. The van der Waals surface area contributed by atoms with Gasteiger partial charge in [0.1, 0.15) is 0 Å². The van der Waals surface area contributed by atoms with Crippen LogP contribution in [0.4, 0.5) is 5.69 Å². The summed E-state index contributed by atoms with van der Waals surface area (Å²) in [5.74, 6) is 0.625. The largest absolute Gasteiger partial charge is 0.454 e. The zero-order valence-corrected chi connectivity index (χ0v) is 15.5. The minimum atomic E-state index is -0.409. The molecule has 2 heterocycles. The van der Waals surface area contributed by atoms with Crippen molar-refractivity contribution in [3.05, 3.63) is 53.1 Å². The van der Waals surface area contributed by atoms with Crippen LogP contribution < -0.4 is 19.7 Å². The predicted molar refractivity (Wildman–Crippen MR) is 101 cm³/mol. The fourth-order valence-corrected chi connectivity index (χ4v) is 3.72. The Morgan fingerprint density at radius 3 is 2.81 bits per heavy atom. The van der Waals surface area contributed by atoms with Crippen molar-refractivity contribution in [2.45, 2.75) is 19.4 Å². The van der Waals surface area contributed by atoms with E-state index in [1.807, 2.05) is 25.1 Å². The first-order chi connectivity index (χ1) is 13.0. The Morgan fingerprint density at radius 2 is 2.00 bits per heavy atom. The molecule has 27 heavy (non-hydrogen) atoms. The molecule has 1 N–H and O–H groups in total. The number of amides is 2. The highest BCUT2D eigenvalue weighted by atomic mass is 35.5. The van der Waals surface area contributed by atoms with Gasteiger partial charge in [0, 0.05) is 29.7 Å². The summed E-state index contributed by atoms with van der Waals surface area (Å²) in [6.45, 7) is 2.39. The van der Waals surface area contributed by atoms with Crippen LogP contribution in [-0.2, 0) is 9.59 Å². The number of anilines is 1. The molecule has 0 spiro atoms. The lowest BCUT2D eigenvalue weighted by atomic mass is 10.0. The van der Waals surface area contributed by atoms with Crippen LogP contribution in [0.3, 0.4) is 0 Å². The number of nitrogens with one attached hydrogen (secondary N) is 1. The van der Waals surface area contributed by atoms with Gasteiger partial charge in [-0.05, 0) is 30.7 Å². The number of hydrogen-bond acceptors (Lipinski definition) is 4. The van der Waals surface area contributed by atoms with Gasteiger partial charge in [-0.15, -0.1) is 0 Å². The van der Waals surface area contributed by atoms with Crippen LogP contribution in [0.5, 0.6) is 11.5 Å². The Kier molecular flexibility index (Phi) is 4.66. The highest BCUT2D eigenvalue weighted by Gasteiger charge is 2.36. The molecule has 2 aliphatic rings. The molecule has 0 saturated carbocycles. The number of carbonyl (C=O) groups excluding carboxylic acids is 2. The topological polar surface area (TPSA) is 67.9 Å². The number of hydrogen-bond donors (Lipinski definition) is 1. The van der Waals surface area contributed by atoms with E-state index in [1.165, 1.54) is 0 Å². The molecular weight excluding hydrogens is 368 g/mol. The van der Waals surface area contributed by atoms with Crippen molar-refractivity contribution in [1.29, 1.82) is 0 Å². The lowest BCUT2D eigenvalue weighted by Gasteiger charge is -2.19. The molecule has 140 valence electrons. The molecule has 2 unspecified atom stereocenters. The van der Waals surface area contributed by atoms with Gasteiger partial charge in [-0.3, -0.25) is 9.59 Å². The molecule has 7 heteroatoms. The van der Waals surface area contributed by atoms with Crippen LogP contribution in [0.2, 0.25) is 5.02 Å². The van der Waals surface area contributed by atoms with Crippen LogP contribution in [0.1, 0.15) is 24.9 Å². The van der Waals surface area contributed by atoms with Crippen LogP contribution >= 0.6 is 11.6 Å². The molecule has 4 rings (SSSR count). The van der Waals surface area contributed by atoms with Gasteiger partial charge in [-0.2, -0.15) is 0 Å². The van der Waals surface area contributed by atoms with Gasteiger partial charge in [0.05, 0.1) is 12.0 Å². The highest BCUT2D eigenvalue weighted by molar-refractivity contribution is 6.31. The molecule has 2 aromatic carbocycles. The predicted octanol–water partition coefficient (Wildman–Crippen LogP) is 3.30. The standard InChI is InChI=1S/C20H19ClN2O4/c1-12(15-4-2-3-5-16(15)21)22-20(25)13-8-19(24)23(10-13)14-6-7-17-18(9-14)27-11-26-17/h2-7,9,12-13H,8,10-11H2,1H3,(H,22,25). The van der Waals surface area contributed by atoms with Gasteiger partial charge < -0.3 is 19.7 Å². The maximum absolute atomic E-state index is 12.7. The van der Waals surface area contributed by atoms with E-state index in [0.717, 1.165) is 5.56 Å². The first-order valence-corrected chi connectivity index (χ1v) is 9.15. The molecule has 0 bridgehead atoms. The van der Waals surface area contributed by atoms with E-state index < -0.39 is 5.92 Å². The number of nitrogens with zero attached hydrogens (tertiary/aromatic N) is 1. The van der Waals surface area contributed by atoms with Crippen LogP contribution in [0.25, 0.3) is 0 Å². The lowest BCUT2D eigenvalue weighted by molar-refractivity contribution is -0.126. The number of rotatable bonds is 4. The second kappa shape index (κ2) is 7.12. The molecule has 1 fully saturated rings. The van der Waals surface area contributed by atoms with E-state index in [-0.39, 0.29) is 31.1 Å². The van der Waals surface area contributed by atoms with Crippen molar-refractivity contribution in [3.63, 3.8) is 0 Å². The molecule has 6 nitrogen and oxygen atoms in total. The van der Waals surface area contributed by atoms with E-state index in [1.54, 1.807) is 29.2 Å². The van der Waals surface area contributed by atoms with Gasteiger partial charge in [-0.25, -0.2) is 0 Å². The second-order valence-electron chi connectivity index (χ2n) is 6.69. The van der Waals surface area contributed by atoms with Crippen molar-refractivity contribution in [2.24, 2.45) is 5.92 Å². The van der Waals surface area contributed by atoms with Gasteiger partial charge in [-0.1, -0.05) is 29.8 Å². The maximum atomic E-state index is 12.7. The van der Waals surface area contributed by atoms with Crippen LogP contribution in [0, 0.1) is 5.92 Å². The number of halogens is 1. The molecule has 2 atom stereocenters. The molecule has 2 amide bonds. The van der Waals surface area contributed by atoms with Gasteiger partial charge in [0.15, 0.2) is 11.5 Å². The third-order valence-corrected chi connectivity index (χ3v) is 5.24. The molecular formula is C20H19ClN2O4. The number of benzene rings is 2. The van der Waals surface area contributed by atoms with Crippen molar-refractivity contribution >= 4 is 29.1 Å². The Labute approximate surface area is 162 Å². The van der Waals surface area contributed by atoms with Gasteiger partial charge in [0.25, 0.3) is 0 Å². The van der Waals surface area contributed by atoms with Crippen LogP contribution in [-0.4, -0.2) is 25.2 Å². The lowest BCUT2D eigenvalue weighted by Crippen LogP contribution is -2.34. The van der Waals surface area contributed by atoms with Crippen LogP contribution in [0.15, 0.2) is 42.5 Å². The summed E-state index contributed by atoms with van der Waals surface area (Å²) in [7, 11) is 0. The smallest absolute Gasteiger partial charge is 0.231 e. The summed E-state index contributed by atoms with van der Waals surface area (Å²) in [5, 5.41) is 3.57. The SMILES string of the molecule is CC(NC(=O)C1CC(=O)N(c2ccc3c(c2)OCO3)C1)c1ccccc1Cl. The molecule has 0 aromatic heterocycles. The van der Waals surface area contributed by atoms with Crippen molar-refractivity contribution in [1.82, 2.24) is 5.32 Å². The van der Waals surface area contributed by atoms with E-state index in [2.05, 4.69) is 5.32 Å². The summed E-state index contributed by atoms with van der Waals surface area (Å²) in [4.78, 5) is 26.7. The third kappa shape index (κ3) is 3.45. The second-order valence-corrected chi connectivity index (χ2v) is 7.10. The summed E-state index contributed by atoms with van der Waals surface area (Å²) in [5.41, 5.74) is 1.56. The average molecular weight is 387 g/mol. The Morgan fingerprint density at radius 1 is 1.22 bits per heavy atom. The van der Waals surface area contributed by atoms with E-state index in [4.69, 9.17) is 21.1 Å². The summed E-state index contributed by atoms with van der Waals surface area (Å²) < 4.78 is 10.7. The molecule has 2 aliphatic heterocycles. The quantitative estimate of drug-likeness (QED) is 0.875. The molecule has 2 aromatic rings. The minimum Gasteiger partial charge on any atom is -0.454 e. The molecule has 0 aliphatic carbocycles. The van der Waals surface area contributed by atoms with Gasteiger partial charge in [0.2, 0.25) is 18.6 Å². The summed E-state index contributed by atoms with van der Waals surface area (Å²) in [6.07, 6.45) is 0.176. The number of ether oxygens (including phenoxy) is 2. The van der Waals surface area contributed by atoms with E-state index in [0.29, 0.717) is 28.8 Å². The third-order valence-electron chi connectivity index (χ3n) is 4.89. The zero-order valence-electron chi connectivity index (χ0n) is 14.8. The van der Waals surface area contributed by atoms with Crippen molar-refractivity contribution in [3.8, 4) is 11.5 Å². The Bertz CT molecular complexity index is 901. The minimum absolute atomic E-state index is 0.0839. The number of fused-ring (bicyclic) bond motifs is 1. The number of carbonyl (C=O) groups is 2. The van der Waals surface area contributed by atoms with E-state index in [9.17, 15) is 9.59 Å². The summed E-state index contributed by atoms with van der Waals surface area (Å²) in [6, 6.07) is 12.5. The normalized spacial score (nSPS) is 19.3. The zero-order chi connectivity index (χ0) is 19.0. The Hall–Kier alpha value is -2.73. The molecule has 1 saturated heterocycles. The fraction of sp³-hybridized carbons (Fsp3) is 0.300. The summed E-state index contributed by atoms with van der Waals surface area (Å²) >= 11 is 6.20. The van der Waals surface area contributed by atoms with Crippen molar-refractivity contribution in [2.75, 3.05) is 18.2 Å². The van der Waals surface area contributed by atoms with Crippen molar-refractivity contribution < 1.29 is 19.1 Å². The Balaban J connectivity index is 1.44. The first-order valence-electron chi connectivity index (χ1n) is 8.78. The highest BCUT2D eigenvalue weighted by Crippen LogP contribution is 2.37. The monoisotopic (exact) mass is 386 g/mol.